The largest absolute Gasteiger partial charge is 0.467 e. The number of benzene rings is 2. The van der Waals surface area contributed by atoms with Crippen molar-refractivity contribution in [2.24, 2.45) is 11.0 Å². The van der Waals surface area contributed by atoms with E-state index in [2.05, 4.69) is 31.0 Å². The van der Waals surface area contributed by atoms with Gasteiger partial charge in [0.15, 0.2) is 6.23 Å². The lowest BCUT2D eigenvalue weighted by molar-refractivity contribution is -0.0460. The van der Waals surface area contributed by atoms with Gasteiger partial charge in [-0.15, -0.1) is 0 Å². The fourth-order valence-corrected chi connectivity index (χ4v) is 3.94. The Morgan fingerprint density at radius 1 is 1.17 bits per heavy atom. The Balaban J connectivity index is 1.80. The zero-order chi connectivity index (χ0) is 16.8. The van der Waals surface area contributed by atoms with E-state index in [4.69, 9.17) is 33.0 Å². The van der Waals surface area contributed by atoms with E-state index in [1.165, 1.54) is 0 Å². The van der Waals surface area contributed by atoms with Crippen LogP contribution in [0, 0.1) is 5.92 Å². The number of hydrazone groups is 1. The normalized spacial score (nSPS) is 22.0. The molecule has 5 heteroatoms. The Labute approximate surface area is 151 Å². The Morgan fingerprint density at radius 2 is 1.92 bits per heavy atom. The van der Waals surface area contributed by atoms with Crippen molar-refractivity contribution in [2.45, 2.75) is 32.5 Å². The van der Waals surface area contributed by atoms with Gasteiger partial charge in [0, 0.05) is 22.9 Å². The van der Waals surface area contributed by atoms with E-state index in [-0.39, 0.29) is 18.2 Å². The van der Waals surface area contributed by atoms with Crippen molar-refractivity contribution in [1.29, 1.82) is 0 Å². The summed E-state index contributed by atoms with van der Waals surface area (Å²) in [5.74, 6) is 1.02. The summed E-state index contributed by atoms with van der Waals surface area (Å²) in [5, 5.41) is 8.14. The number of hydrogen-bond donors (Lipinski definition) is 0. The standard InChI is InChI=1S/C19H18Cl2N2O/c1-11(2)19-23-17(10-16(22-23)12-6-4-3-5-7-12)14-8-13(20)9-15(21)18(14)24-19/h3-9,11,17,19H,10H2,1-2H3/t17-,19-/m1/s1. The highest BCUT2D eigenvalue weighted by atomic mass is 35.5. The third-order valence-electron chi connectivity index (χ3n) is 4.51. The van der Waals surface area contributed by atoms with Crippen LogP contribution in [-0.2, 0) is 0 Å². The van der Waals surface area contributed by atoms with Crippen molar-refractivity contribution in [3.05, 3.63) is 63.6 Å². The number of rotatable bonds is 2. The molecule has 2 aromatic rings. The summed E-state index contributed by atoms with van der Waals surface area (Å²) in [6.07, 6.45) is 0.683. The minimum Gasteiger partial charge on any atom is -0.467 e. The number of hydrogen-bond acceptors (Lipinski definition) is 3. The first kappa shape index (κ1) is 15.8. The van der Waals surface area contributed by atoms with Crippen molar-refractivity contribution in [3.63, 3.8) is 0 Å². The molecule has 2 aliphatic rings. The highest BCUT2D eigenvalue weighted by molar-refractivity contribution is 6.35. The molecule has 0 aromatic heterocycles. The van der Waals surface area contributed by atoms with Crippen LogP contribution in [0.1, 0.15) is 37.4 Å². The maximum Gasteiger partial charge on any atom is 0.190 e. The first-order chi connectivity index (χ1) is 11.5. The van der Waals surface area contributed by atoms with E-state index >= 15 is 0 Å². The van der Waals surface area contributed by atoms with Crippen molar-refractivity contribution in [3.8, 4) is 5.75 Å². The fraction of sp³-hybridized carbons (Fsp3) is 0.316. The average Bonchev–Trinajstić information content (AvgIpc) is 3.00. The van der Waals surface area contributed by atoms with E-state index in [1.54, 1.807) is 6.07 Å². The van der Waals surface area contributed by atoms with Crippen LogP contribution in [0.25, 0.3) is 0 Å². The summed E-state index contributed by atoms with van der Waals surface area (Å²) in [7, 11) is 0. The SMILES string of the molecule is CC(C)[C@H]1Oc2c(Cl)cc(Cl)cc2[C@H]2CC(c3ccccc3)=NN21. The molecule has 2 aliphatic heterocycles. The van der Waals surface area contributed by atoms with Gasteiger partial charge in [-0.2, -0.15) is 5.10 Å². The van der Waals surface area contributed by atoms with Crippen LogP contribution in [0.3, 0.4) is 0 Å². The molecule has 0 N–H and O–H groups in total. The number of nitrogens with zero attached hydrogens (tertiary/aromatic N) is 2. The van der Waals surface area contributed by atoms with Gasteiger partial charge in [-0.05, 0) is 17.7 Å². The summed E-state index contributed by atoms with van der Waals surface area (Å²) < 4.78 is 6.21. The maximum absolute atomic E-state index is 6.40. The van der Waals surface area contributed by atoms with Crippen molar-refractivity contribution < 1.29 is 4.74 Å². The number of ether oxygens (including phenoxy) is 1. The van der Waals surface area contributed by atoms with Gasteiger partial charge in [0.2, 0.25) is 0 Å². The molecule has 0 saturated heterocycles. The third kappa shape index (κ3) is 2.56. The molecule has 0 bridgehead atoms. The maximum atomic E-state index is 6.40. The minimum absolute atomic E-state index is 0.104. The molecular formula is C19H18Cl2N2O. The van der Waals surface area contributed by atoms with E-state index in [1.807, 2.05) is 24.3 Å². The lowest BCUT2D eigenvalue weighted by atomic mass is 9.95. The average molecular weight is 361 g/mol. The fourth-order valence-electron chi connectivity index (χ4n) is 3.39. The Hall–Kier alpha value is -1.71. The van der Waals surface area contributed by atoms with Gasteiger partial charge < -0.3 is 4.74 Å². The van der Waals surface area contributed by atoms with Gasteiger partial charge in [-0.25, -0.2) is 5.01 Å². The topological polar surface area (TPSA) is 24.8 Å². The highest BCUT2D eigenvalue weighted by Crippen LogP contribution is 2.48. The summed E-state index contributed by atoms with van der Waals surface area (Å²) in [4.78, 5) is 0. The van der Waals surface area contributed by atoms with Gasteiger partial charge in [-0.1, -0.05) is 67.4 Å². The molecule has 3 nitrogen and oxygen atoms in total. The van der Waals surface area contributed by atoms with E-state index in [0.717, 1.165) is 29.0 Å². The zero-order valence-electron chi connectivity index (χ0n) is 13.5. The third-order valence-corrected chi connectivity index (χ3v) is 5.01. The molecule has 2 heterocycles. The molecule has 0 aliphatic carbocycles. The second-order valence-corrected chi connectivity index (χ2v) is 7.41. The van der Waals surface area contributed by atoms with Crippen LogP contribution < -0.4 is 4.74 Å². The molecule has 0 spiro atoms. The molecule has 0 amide bonds. The molecule has 0 unspecified atom stereocenters. The minimum atomic E-state index is -0.137. The lowest BCUT2D eigenvalue weighted by Gasteiger charge is -2.40. The van der Waals surface area contributed by atoms with Crippen LogP contribution in [0.4, 0.5) is 0 Å². The Morgan fingerprint density at radius 3 is 2.62 bits per heavy atom. The summed E-state index contributed by atoms with van der Waals surface area (Å²) >= 11 is 12.6. The smallest absolute Gasteiger partial charge is 0.190 e. The van der Waals surface area contributed by atoms with Crippen molar-refractivity contribution in [2.75, 3.05) is 0 Å². The summed E-state index contributed by atoms with van der Waals surface area (Å²) in [5.41, 5.74) is 3.22. The Kier molecular flexibility index (Phi) is 3.93. The molecule has 4 rings (SSSR count). The van der Waals surface area contributed by atoms with E-state index < -0.39 is 0 Å². The van der Waals surface area contributed by atoms with Gasteiger partial charge in [0.25, 0.3) is 0 Å². The van der Waals surface area contributed by atoms with Crippen LogP contribution in [0.2, 0.25) is 10.0 Å². The van der Waals surface area contributed by atoms with Crippen LogP contribution in [0.5, 0.6) is 5.75 Å². The first-order valence-electron chi connectivity index (χ1n) is 8.11. The molecule has 0 radical (unpaired) electrons. The van der Waals surface area contributed by atoms with Gasteiger partial charge in [0.1, 0.15) is 5.75 Å². The quantitative estimate of drug-likeness (QED) is 0.704. The predicted molar refractivity (Wildman–Crippen MR) is 97.9 cm³/mol. The molecule has 0 fully saturated rings. The molecule has 2 aromatic carbocycles. The monoisotopic (exact) mass is 360 g/mol. The molecule has 124 valence electrons. The van der Waals surface area contributed by atoms with Crippen molar-refractivity contribution in [1.82, 2.24) is 5.01 Å². The number of halogens is 2. The number of fused-ring (bicyclic) bond motifs is 3. The van der Waals surface area contributed by atoms with Gasteiger partial charge in [0.05, 0.1) is 16.8 Å². The summed E-state index contributed by atoms with van der Waals surface area (Å²) in [6, 6.07) is 14.1. The van der Waals surface area contributed by atoms with Crippen LogP contribution >= 0.6 is 23.2 Å². The molecule has 0 saturated carbocycles. The van der Waals surface area contributed by atoms with Crippen molar-refractivity contribution >= 4 is 28.9 Å². The molecule has 24 heavy (non-hydrogen) atoms. The van der Waals surface area contributed by atoms with Crippen LogP contribution in [0.15, 0.2) is 47.6 Å². The molecule has 2 atom stereocenters. The van der Waals surface area contributed by atoms with E-state index in [9.17, 15) is 0 Å². The molecular weight excluding hydrogens is 343 g/mol. The second-order valence-electron chi connectivity index (χ2n) is 6.57. The van der Waals surface area contributed by atoms with Gasteiger partial charge in [-0.3, -0.25) is 0 Å². The predicted octanol–water partition coefficient (Wildman–Crippen LogP) is 5.52. The lowest BCUT2D eigenvalue weighted by Crippen LogP contribution is -2.43. The van der Waals surface area contributed by atoms with E-state index in [0.29, 0.717) is 10.0 Å². The van der Waals surface area contributed by atoms with Crippen LogP contribution in [-0.4, -0.2) is 16.9 Å². The second kappa shape index (κ2) is 5.98. The summed E-state index contributed by atoms with van der Waals surface area (Å²) in [6.45, 7) is 4.26. The van der Waals surface area contributed by atoms with Gasteiger partial charge >= 0.3 is 0 Å². The highest BCUT2D eigenvalue weighted by Gasteiger charge is 2.42. The first-order valence-corrected chi connectivity index (χ1v) is 8.87. The zero-order valence-corrected chi connectivity index (χ0v) is 15.1. The Bertz CT molecular complexity index is 805.